The van der Waals surface area contributed by atoms with Gasteiger partial charge in [-0.25, -0.2) is 19.8 Å². The van der Waals surface area contributed by atoms with Gasteiger partial charge in [0.1, 0.15) is 11.7 Å². The highest BCUT2D eigenvalue weighted by Crippen LogP contribution is 2.23. The standard InChI is InChI=1S/C16H18Cl2N4O5/c17-13-2-1-11(7-14(13)18)10-27-16(23)21-5-4-20(15(21)19-22(24)25)8-12-3-6-26-9-12/h1-2,7,12H,3-6,8-10H2. The summed E-state index contributed by atoms with van der Waals surface area (Å²) in [4.78, 5) is 26.3. The van der Waals surface area contributed by atoms with Crippen molar-refractivity contribution < 1.29 is 19.3 Å². The summed E-state index contributed by atoms with van der Waals surface area (Å²) >= 11 is 11.8. The minimum atomic E-state index is -0.807. The quantitative estimate of drug-likeness (QED) is 0.540. The molecule has 1 aromatic rings. The van der Waals surface area contributed by atoms with Crippen LogP contribution in [0.2, 0.25) is 10.0 Å². The molecule has 1 amide bonds. The van der Waals surface area contributed by atoms with Gasteiger partial charge in [0.05, 0.1) is 23.2 Å². The van der Waals surface area contributed by atoms with E-state index in [1.807, 2.05) is 0 Å². The largest absolute Gasteiger partial charge is 0.444 e. The molecule has 2 heterocycles. The molecule has 2 fully saturated rings. The van der Waals surface area contributed by atoms with Gasteiger partial charge in [-0.05, 0) is 24.1 Å². The Morgan fingerprint density at radius 2 is 2.19 bits per heavy atom. The molecule has 2 aliphatic heterocycles. The van der Waals surface area contributed by atoms with Crippen molar-refractivity contribution >= 4 is 35.3 Å². The van der Waals surface area contributed by atoms with Gasteiger partial charge < -0.3 is 14.4 Å². The molecule has 0 saturated carbocycles. The van der Waals surface area contributed by atoms with Crippen molar-refractivity contribution in [2.75, 3.05) is 32.8 Å². The van der Waals surface area contributed by atoms with E-state index in [-0.39, 0.29) is 25.0 Å². The first-order valence-corrected chi connectivity index (χ1v) is 9.13. The smallest absolute Gasteiger partial charge is 0.417 e. The number of hydrogen-bond donors (Lipinski definition) is 0. The maximum Gasteiger partial charge on any atom is 0.417 e. The molecule has 1 aromatic carbocycles. The maximum atomic E-state index is 12.4. The highest BCUT2D eigenvalue weighted by Gasteiger charge is 2.36. The van der Waals surface area contributed by atoms with Gasteiger partial charge in [-0.15, -0.1) is 0 Å². The lowest BCUT2D eigenvalue weighted by molar-refractivity contribution is -0.486. The van der Waals surface area contributed by atoms with Gasteiger partial charge in [0.2, 0.25) is 0 Å². The average molecular weight is 417 g/mol. The molecule has 3 rings (SSSR count). The molecule has 0 bridgehead atoms. The molecule has 1 atom stereocenters. The van der Waals surface area contributed by atoms with E-state index in [9.17, 15) is 14.9 Å². The molecule has 0 aliphatic carbocycles. The van der Waals surface area contributed by atoms with Crippen molar-refractivity contribution in [3.05, 3.63) is 43.9 Å². The second-order valence-corrected chi connectivity index (χ2v) is 7.08. The molecular weight excluding hydrogens is 399 g/mol. The third-order valence-corrected chi connectivity index (χ3v) is 5.10. The predicted molar refractivity (Wildman–Crippen MR) is 98.3 cm³/mol. The molecule has 1 unspecified atom stereocenters. The van der Waals surface area contributed by atoms with Gasteiger partial charge in [0.25, 0.3) is 5.96 Å². The van der Waals surface area contributed by atoms with Crippen LogP contribution in [0.3, 0.4) is 0 Å². The summed E-state index contributed by atoms with van der Waals surface area (Å²) in [5, 5.41) is 14.3. The molecule has 11 heteroatoms. The fourth-order valence-corrected chi connectivity index (χ4v) is 3.34. The van der Waals surface area contributed by atoms with E-state index in [2.05, 4.69) is 5.10 Å². The summed E-state index contributed by atoms with van der Waals surface area (Å²) in [5.41, 5.74) is 0.657. The molecule has 27 heavy (non-hydrogen) atoms. The molecule has 0 N–H and O–H groups in total. The van der Waals surface area contributed by atoms with E-state index in [0.717, 1.165) is 6.42 Å². The summed E-state index contributed by atoms with van der Waals surface area (Å²) < 4.78 is 10.6. The summed E-state index contributed by atoms with van der Waals surface area (Å²) in [6, 6.07) is 4.89. The van der Waals surface area contributed by atoms with Crippen LogP contribution in [0.15, 0.2) is 23.3 Å². The second-order valence-electron chi connectivity index (χ2n) is 6.27. The third-order valence-electron chi connectivity index (χ3n) is 4.36. The second kappa shape index (κ2) is 8.73. The summed E-state index contributed by atoms with van der Waals surface area (Å²) in [7, 11) is 0. The number of hydrazone groups is 1. The van der Waals surface area contributed by atoms with E-state index in [1.165, 1.54) is 4.90 Å². The van der Waals surface area contributed by atoms with E-state index in [1.54, 1.807) is 23.1 Å². The van der Waals surface area contributed by atoms with Crippen LogP contribution in [-0.2, 0) is 16.1 Å². The lowest BCUT2D eigenvalue weighted by atomic mass is 10.1. The molecule has 2 aliphatic rings. The number of carbonyl (C=O) groups excluding carboxylic acids is 1. The number of guanidine groups is 1. The van der Waals surface area contributed by atoms with Crippen molar-refractivity contribution in [1.82, 2.24) is 9.80 Å². The Labute approximate surface area is 165 Å². The van der Waals surface area contributed by atoms with Crippen molar-refractivity contribution in [2.45, 2.75) is 13.0 Å². The van der Waals surface area contributed by atoms with Crippen molar-refractivity contribution in [3.63, 3.8) is 0 Å². The Morgan fingerprint density at radius 3 is 2.85 bits per heavy atom. The number of nitro groups is 1. The fourth-order valence-electron chi connectivity index (χ4n) is 3.02. The molecule has 0 radical (unpaired) electrons. The molecule has 2 saturated heterocycles. The third kappa shape index (κ3) is 5.00. The van der Waals surface area contributed by atoms with Gasteiger partial charge >= 0.3 is 6.09 Å². The Bertz CT molecular complexity index is 754. The first-order valence-electron chi connectivity index (χ1n) is 8.38. The Balaban J connectivity index is 1.64. The zero-order valence-corrected chi connectivity index (χ0v) is 15.9. The minimum absolute atomic E-state index is 0.00830. The Kier molecular flexibility index (Phi) is 6.35. The van der Waals surface area contributed by atoms with Crippen LogP contribution >= 0.6 is 23.2 Å². The topological polar surface area (TPSA) is 97.5 Å². The van der Waals surface area contributed by atoms with Gasteiger partial charge in [0, 0.05) is 25.6 Å². The van der Waals surface area contributed by atoms with Gasteiger partial charge in [-0.3, -0.25) is 0 Å². The first-order chi connectivity index (χ1) is 12.9. The number of halogens is 2. The number of amides is 1. The van der Waals surface area contributed by atoms with Gasteiger partial charge in [-0.1, -0.05) is 29.3 Å². The first kappa shape index (κ1) is 19.7. The zero-order valence-electron chi connectivity index (χ0n) is 14.3. The van der Waals surface area contributed by atoms with E-state index < -0.39 is 11.1 Å². The van der Waals surface area contributed by atoms with Crippen LogP contribution in [0.4, 0.5) is 4.79 Å². The number of rotatable bonds is 5. The van der Waals surface area contributed by atoms with E-state index in [0.29, 0.717) is 41.9 Å². The predicted octanol–water partition coefficient (Wildman–Crippen LogP) is 2.83. The van der Waals surface area contributed by atoms with Crippen molar-refractivity contribution in [3.8, 4) is 0 Å². The number of hydrogen-bond acceptors (Lipinski definition) is 5. The molecular formula is C16H18Cl2N4O5. The summed E-state index contributed by atoms with van der Waals surface area (Å²) in [6.45, 7) is 2.50. The lowest BCUT2D eigenvalue weighted by Crippen LogP contribution is -2.40. The number of carbonyl (C=O) groups is 1. The maximum absolute atomic E-state index is 12.4. The normalized spacial score (nSPS) is 21.1. The minimum Gasteiger partial charge on any atom is -0.444 e. The molecule has 0 spiro atoms. The fraction of sp³-hybridized carbons (Fsp3) is 0.500. The highest BCUT2D eigenvalue weighted by molar-refractivity contribution is 6.42. The SMILES string of the molecule is O=C(OCc1ccc(Cl)c(Cl)c1)N1CCN(CC2CCOC2)C1=N[N+](=O)[O-]. The summed E-state index contributed by atoms with van der Waals surface area (Å²) in [6.07, 6.45) is 0.177. The van der Waals surface area contributed by atoms with Crippen LogP contribution in [-0.4, -0.2) is 59.7 Å². The summed E-state index contributed by atoms with van der Waals surface area (Å²) in [5.74, 6) is 0.250. The van der Waals surface area contributed by atoms with E-state index in [4.69, 9.17) is 32.7 Å². The van der Waals surface area contributed by atoms with Crippen molar-refractivity contribution in [1.29, 1.82) is 0 Å². The highest BCUT2D eigenvalue weighted by atomic mass is 35.5. The van der Waals surface area contributed by atoms with Crippen LogP contribution < -0.4 is 0 Å². The Hall–Kier alpha value is -2.10. The van der Waals surface area contributed by atoms with Crippen LogP contribution in [0.1, 0.15) is 12.0 Å². The number of ether oxygens (including phenoxy) is 2. The van der Waals surface area contributed by atoms with Crippen LogP contribution in [0.5, 0.6) is 0 Å². The number of benzene rings is 1. The zero-order chi connectivity index (χ0) is 19.4. The van der Waals surface area contributed by atoms with Crippen LogP contribution in [0, 0.1) is 16.0 Å². The monoisotopic (exact) mass is 416 g/mol. The molecule has 0 aromatic heterocycles. The van der Waals surface area contributed by atoms with Crippen LogP contribution in [0.25, 0.3) is 0 Å². The van der Waals surface area contributed by atoms with Gasteiger partial charge in [-0.2, -0.15) is 0 Å². The number of nitrogens with zero attached hydrogens (tertiary/aromatic N) is 4. The molecule has 146 valence electrons. The average Bonchev–Trinajstić information content (AvgIpc) is 3.26. The van der Waals surface area contributed by atoms with E-state index >= 15 is 0 Å². The van der Waals surface area contributed by atoms with Crippen molar-refractivity contribution in [2.24, 2.45) is 11.0 Å². The Morgan fingerprint density at radius 1 is 1.37 bits per heavy atom. The lowest BCUT2D eigenvalue weighted by Gasteiger charge is -2.21. The molecule has 9 nitrogen and oxygen atoms in total. The van der Waals surface area contributed by atoms with Gasteiger partial charge in [0.15, 0.2) is 5.03 Å².